The average Bonchev–Trinajstić information content (AvgIpc) is 2.91. The second-order valence-electron chi connectivity index (χ2n) is 9.94. The largest absolute Gasteiger partial charge is 0.480 e. The Labute approximate surface area is 232 Å². The predicted molar refractivity (Wildman–Crippen MR) is 153 cm³/mol. The molecule has 0 fully saturated rings. The third-order valence-corrected chi connectivity index (χ3v) is 7.30. The second kappa shape index (κ2) is 15.3. The smallest absolute Gasteiger partial charge is 0.322 e. The van der Waals surface area contributed by atoms with Gasteiger partial charge < -0.3 is 15.2 Å². The van der Waals surface area contributed by atoms with E-state index in [9.17, 15) is 13.2 Å². The molecule has 0 aliphatic rings. The second-order valence-corrected chi connectivity index (χ2v) is 11.8. The van der Waals surface area contributed by atoms with Crippen molar-refractivity contribution in [1.29, 1.82) is 0 Å². The highest BCUT2D eigenvalue weighted by Gasteiger charge is 2.26. The number of aromatic nitrogens is 2. The van der Waals surface area contributed by atoms with E-state index < -0.39 is 16.0 Å². The summed E-state index contributed by atoms with van der Waals surface area (Å²) in [4.78, 5) is 19.3. The van der Waals surface area contributed by atoms with Crippen molar-refractivity contribution in [2.75, 3.05) is 19.0 Å². The van der Waals surface area contributed by atoms with Gasteiger partial charge in [-0.1, -0.05) is 49.7 Å². The lowest BCUT2D eigenvalue weighted by atomic mass is 10.1. The third-order valence-electron chi connectivity index (χ3n) is 5.59. The lowest BCUT2D eigenvalue weighted by Gasteiger charge is -2.22. The Hall–Kier alpha value is -3.34. The molecule has 0 spiro atoms. The molecule has 0 aliphatic heterocycles. The van der Waals surface area contributed by atoms with Crippen LogP contribution in [-0.4, -0.2) is 53.0 Å². The van der Waals surface area contributed by atoms with Crippen LogP contribution in [0.3, 0.4) is 0 Å². The molecule has 3 rings (SSSR count). The van der Waals surface area contributed by atoms with Gasteiger partial charge in [-0.05, 0) is 69.0 Å². The first-order valence-corrected chi connectivity index (χ1v) is 14.3. The minimum Gasteiger partial charge on any atom is -0.480 e. The Balaban J connectivity index is 0.000000798. The summed E-state index contributed by atoms with van der Waals surface area (Å²) in [5.74, 6) is -0.642. The number of benzene rings is 1. The maximum absolute atomic E-state index is 13.4. The fourth-order valence-corrected chi connectivity index (χ4v) is 4.67. The fourth-order valence-electron chi connectivity index (χ4n) is 3.34. The first-order chi connectivity index (χ1) is 18.4. The van der Waals surface area contributed by atoms with Crippen molar-refractivity contribution in [3.8, 4) is 0 Å². The van der Waals surface area contributed by atoms with Crippen LogP contribution in [-0.2, 0) is 39.1 Å². The van der Waals surface area contributed by atoms with E-state index in [1.165, 1.54) is 22.1 Å². The quantitative estimate of drug-likeness (QED) is 0.315. The summed E-state index contributed by atoms with van der Waals surface area (Å²) in [6.45, 7) is 8.09. The summed E-state index contributed by atoms with van der Waals surface area (Å²) in [6, 6.07) is 17.8. The molecule has 10 heteroatoms. The summed E-state index contributed by atoms with van der Waals surface area (Å²) < 4.78 is 33.2. The van der Waals surface area contributed by atoms with Gasteiger partial charge in [0.2, 0.25) is 0 Å². The van der Waals surface area contributed by atoms with Gasteiger partial charge in [-0.3, -0.25) is 4.79 Å². The third kappa shape index (κ3) is 11.5. The van der Waals surface area contributed by atoms with Gasteiger partial charge in [-0.15, -0.1) is 0 Å². The molecule has 39 heavy (non-hydrogen) atoms. The monoisotopic (exact) mass is 556 g/mol. The van der Waals surface area contributed by atoms with Crippen molar-refractivity contribution in [3.05, 3.63) is 83.7 Å². The zero-order valence-corrected chi connectivity index (χ0v) is 24.2. The van der Waals surface area contributed by atoms with Crippen LogP contribution in [0.5, 0.6) is 0 Å². The van der Waals surface area contributed by atoms with E-state index in [0.717, 1.165) is 24.8 Å². The van der Waals surface area contributed by atoms with Crippen molar-refractivity contribution in [2.24, 2.45) is 0 Å². The molecular formula is C29H40N4O5S. The Bertz CT molecular complexity index is 1280. The molecule has 0 saturated carbocycles. The SMILES string of the molecule is CCCCc1cccc(CN(Cc2cccc(NCC(=O)O)n2)S(=O)(=O)c2ccccn2)c1.COC(C)(C)C. The molecule has 0 amide bonds. The highest BCUT2D eigenvalue weighted by molar-refractivity contribution is 7.89. The minimum absolute atomic E-state index is 0.0146. The number of carbonyl (C=O) groups is 1. The van der Waals surface area contributed by atoms with Gasteiger partial charge in [0.15, 0.2) is 5.03 Å². The molecule has 0 atom stereocenters. The van der Waals surface area contributed by atoms with E-state index in [1.54, 1.807) is 37.4 Å². The normalized spacial score (nSPS) is 11.5. The summed E-state index contributed by atoms with van der Waals surface area (Å²) in [6.07, 6.45) is 4.54. The number of nitrogens with zero attached hydrogens (tertiary/aromatic N) is 3. The number of aliphatic carboxylic acids is 1. The number of anilines is 1. The predicted octanol–water partition coefficient (Wildman–Crippen LogP) is 5.14. The van der Waals surface area contributed by atoms with Gasteiger partial charge in [0.1, 0.15) is 12.4 Å². The molecule has 3 aromatic rings. The Morgan fingerprint density at radius 1 is 1.03 bits per heavy atom. The van der Waals surface area contributed by atoms with Crippen molar-refractivity contribution >= 4 is 21.8 Å². The number of unbranched alkanes of at least 4 members (excludes halogenated alkanes) is 1. The lowest BCUT2D eigenvalue weighted by molar-refractivity contribution is -0.134. The average molecular weight is 557 g/mol. The number of carboxylic acids is 1. The van der Waals surface area contributed by atoms with E-state index in [-0.39, 0.29) is 30.3 Å². The maximum atomic E-state index is 13.4. The number of rotatable bonds is 12. The number of nitrogens with one attached hydrogen (secondary N) is 1. The molecule has 9 nitrogen and oxygen atoms in total. The molecule has 0 bridgehead atoms. The molecule has 0 unspecified atom stereocenters. The number of hydrogen-bond donors (Lipinski definition) is 2. The summed E-state index contributed by atoms with van der Waals surface area (Å²) in [7, 11) is -2.19. The Kier molecular flexibility index (Phi) is 12.5. The van der Waals surface area contributed by atoms with Crippen LogP contribution >= 0.6 is 0 Å². The van der Waals surface area contributed by atoms with E-state index in [2.05, 4.69) is 28.3 Å². The topological polar surface area (TPSA) is 122 Å². The molecule has 0 saturated heterocycles. The molecule has 0 radical (unpaired) electrons. The van der Waals surface area contributed by atoms with Crippen LogP contribution in [0.1, 0.15) is 57.4 Å². The molecule has 212 valence electrons. The molecule has 0 aliphatic carbocycles. The molecule has 2 aromatic heterocycles. The van der Waals surface area contributed by atoms with Crippen LogP contribution in [0.15, 0.2) is 71.9 Å². The van der Waals surface area contributed by atoms with Gasteiger partial charge >= 0.3 is 5.97 Å². The first-order valence-electron chi connectivity index (χ1n) is 12.9. The molecule has 2 heterocycles. The zero-order chi connectivity index (χ0) is 28.9. The van der Waals surface area contributed by atoms with Gasteiger partial charge in [-0.2, -0.15) is 4.31 Å². The zero-order valence-electron chi connectivity index (χ0n) is 23.4. The fraction of sp³-hybridized carbons (Fsp3) is 0.414. The van der Waals surface area contributed by atoms with Crippen LogP contribution in [0, 0.1) is 0 Å². The van der Waals surface area contributed by atoms with E-state index in [1.807, 2.05) is 39.0 Å². The minimum atomic E-state index is -3.90. The summed E-state index contributed by atoms with van der Waals surface area (Å²) in [5.41, 5.74) is 2.58. The Morgan fingerprint density at radius 3 is 2.33 bits per heavy atom. The van der Waals surface area contributed by atoms with Crippen molar-refractivity contribution in [2.45, 2.75) is 70.7 Å². The van der Waals surface area contributed by atoms with E-state index >= 15 is 0 Å². The van der Waals surface area contributed by atoms with Gasteiger partial charge in [-0.25, -0.2) is 18.4 Å². The van der Waals surface area contributed by atoms with Crippen LogP contribution in [0.4, 0.5) is 5.82 Å². The summed E-state index contributed by atoms with van der Waals surface area (Å²) >= 11 is 0. The number of aryl methyl sites for hydroxylation is 1. The van der Waals surface area contributed by atoms with Gasteiger partial charge in [0.25, 0.3) is 10.0 Å². The number of hydrogen-bond acceptors (Lipinski definition) is 7. The van der Waals surface area contributed by atoms with Crippen LogP contribution < -0.4 is 5.32 Å². The summed E-state index contributed by atoms with van der Waals surface area (Å²) in [5, 5.41) is 11.6. The van der Waals surface area contributed by atoms with Gasteiger partial charge in [0, 0.05) is 19.9 Å². The number of methoxy groups -OCH3 is 1. The highest BCUT2D eigenvalue weighted by atomic mass is 32.2. The van der Waals surface area contributed by atoms with Crippen molar-refractivity contribution in [3.63, 3.8) is 0 Å². The molecule has 2 N–H and O–H groups in total. The van der Waals surface area contributed by atoms with Crippen LogP contribution in [0.2, 0.25) is 0 Å². The highest BCUT2D eigenvalue weighted by Crippen LogP contribution is 2.21. The Morgan fingerprint density at radius 2 is 1.72 bits per heavy atom. The van der Waals surface area contributed by atoms with Crippen molar-refractivity contribution in [1.82, 2.24) is 14.3 Å². The number of pyridine rings is 2. The van der Waals surface area contributed by atoms with E-state index in [4.69, 9.17) is 9.84 Å². The van der Waals surface area contributed by atoms with E-state index in [0.29, 0.717) is 11.5 Å². The number of ether oxygens (including phenoxy) is 1. The number of sulfonamides is 1. The maximum Gasteiger partial charge on any atom is 0.322 e. The van der Waals surface area contributed by atoms with Crippen LogP contribution in [0.25, 0.3) is 0 Å². The first kappa shape index (κ1) is 31.9. The van der Waals surface area contributed by atoms with Gasteiger partial charge in [0.05, 0.1) is 17.8 Å². The lowest BCUT2D eigenvalue weighted by Crippen LogP contribution is -2.31. The molecular weight excluding hydrogens is 516 g/mol. The molecule has 1 aromatic carbocycles. The van der Waals surface area contributed by atoms with Crippen molar-refractivity contribution < 1.29 is 23.1 Å². The standard InChI is InChI=1S/C24H28N4O4S.C5H12O/c1-2-3-8-19-9-6-10-20(15-19)17-28(33(31,32)23-13-4-5-14-25-23)18-21-11-7-12-22(27-21)26-16-24(29)30;1-5(2,3)6-4/h4-7,9-15H,2-3,8,16-18H2,1H3,(H,26,27)(H,29,30);1-4H3. The number of carboxylic acid groups (broad SMARTS) is 1.